The second-order valence-corrected chi connectivity index (χ2v) is 8.02. The molecule has 0 bridgehead atoms. The summed E-state index contributed by atoms with van der Waals surface area (Å²) >= 11 is 2.25. The summed E-state index contributed by atoms with van der Waals surface area (Å²) in [6.07, 6.45) is 4.73. The third-order valence-electron chi connectivity index (χ3n) is 5.13. The number of nitrogens with zero attached hydrogens (tertiary/aromatic N) is 1. The maximum Gasteiger partial charge on any atom is 0.238 e. The van der Waals surface area contributed by atoms with Gasteiger partial charge in [0, 0.05) is 9.61 Å². The summed E-state index contributed by atoms with van der Waals surface area (Å²) < 4.78 is 1.07. The summed E-state index contributed by atoms with van der Waals surface area (Å²) in [5.74, 6) is 0.738. The maximum atomic E-state index is 12.3. The highest BCUT2D eigenvalue weighted by atomic mass is 127. The molecule has 132 valence electrons. The number of anilines is 1. The van der Waals surface area contributed by atoms with Crippen LogP contribution in [0.4, 0.5) is 5.69 Å². The number of para-hydroxylation sites is 1. The zero-order chi connectivity index (χ0) is 17.6. The number of nitrogens with one attached hydrogen (secondary N) is 1. The van der Waals surface area contributed by atoms with E-state index in [2.05, 4.69) is 70.2 Å². The second-order valence-electron chi connectivity index (χ2n) is 6.86. The molecule has 1 saturated carbocycles. The van der Waals surface area contributed by atoms with Gasteiger partial charge in [-0.1, -0.05) is 42.5 Å². The molecule has 25 heavy (non-hydrogen) atoms. The summed E-state index contributed by atoms with van der Waals surface area (Å²) in [7, 11) is 2.07. The summed E-state index contributed by atoms with van der Waals surface area (Å²) in [5.41, 5.74) is 2.36. The Morgan fingerprint density at radius 1 is 1.04 bits per heavy atom. The van der Waals surface area contributed by atoms with E-state index in [0.29, 0.717) is 18.5 Å². The average molecular weight is 448 g/mol. The first-order valence-corrected chi connectivity index (χ1v) is 10.0. The maximum absolute atomic E-state index is 12.3. The van der Waals surface area contributed by atoms with Gasteiger partial charge in [-0.05, 0) is 78.9 Å². The van der Waals surface area contributed by atoms with E-state index in [-0.39, 0.29) is 5.91 Å². The van der Waals surface area contributed by atoms with Crippen molar-refractivity contribution in [3.63, 3.8) is 0 Å². The molecule has 0 unspecified atom stereocenters. The molecule has 2 aromatic carbocycles. The summed E-state index contributed by atoms with van der Waals surface area (Å²) in [4.78, 5) is 14.6. The minimum atomic E-state index is 0.0665. The Balaban J connectivity index is 1.48. The zero-order valence-corrected chi connectivity index (χ0v) is 16.8. The third kappa shape index (κ3) is 5.05. The van der Waals surface area contributed by atoms with Crippen molar-refractivity contribution in [2.24, 2.45) is 0 Å². The van der Waals surface area contributed by atoms with Crippen molar-refractivity contribution >= 4 is 34.2 Å². The molecule has 2 aromatic rings. The Kier molecular flexibility index (Phi) is 6.48. The minimum absolute atomic E-state index is 0.0665. The first-order chi connectivity index (χ1) is 12.1. The first kappa shape index (κ1) is 18.4. The molecule has 3 rings (SSSR count). The Labute approximate surface area is 164 Å². The Hall–Kier alpha value is -1.40. The van der Waals surface area contributed by atoms with Gasteiger partial charge in [0.2, 0.25) is 5.91 Å². The Morgan fingerprint density at radius 2 is 1.68 bits per heavy atom. The molecule has 1 fully saturated rings. The molecular weight excluding hydrogens is 423 g/mol. The normalized spacial score (nSPS) is 20.4. The quantitative estimate of drug-likeness (QED) is 0.661. The van der Waals surface area contributed by atoms with E-state index >= 15 is 0 Å². The van der Waals surface area contributed by atoms with Gasteiger partial charge < -0.3 is 5.32 Å². The van der Waals surface area contributed by atoms with Crippen LogP contribution in [0.5, 0.6) is 0 Å². The van der Waals surface area contributed by atoms with Gasteiger partial charge in [-0.2, -0.15) is 0 Å². The molecule has 0 aromatic heterocycles. The van der Waals surface area contributed by atoms with Crippen molar-refractivity contribution in [1.82, 2.24) is 4.90 Å². The standard InChI is InChI=1S/C21H25IN2O/c1-24(15-21(25)23-20-10-6-5-9-19(20)22)18-13-11-17(12-14-18)16-7-3-2-4-8-16/h2-10,17-18H,11-15H2,1H3,(H,23,25). The number of hydrogen-bond acceptors (Lipinski definition) is 2. The number of hydrogen-bond donors (Lipinski definition) is 1. The van der Waals surface area contributed by atoms with Gasteiger partial charge in [-0.15, -0.1) is 0 Å². The molecule has 1 aliphatic carbocycles. The number of amides is 1. The summed E-state index contributed by atoms with van der Waals surface area (Å²) in [6, 6.07) is 19.2. The fourth-order valence-electron chi connectivity index (χ4n) is 3.68. The lowest BCUT2D eigenvalue weighted by molar-refractivity contribution is -0.117. The summed E-state index contributed by atoms with van der Waals surface area (Å²) in [6.45, 7) is 0.450. The fraction of sp³-hybridized carbons (Fsp3) is 0.381. The molecule has 3 nitrogen and oxygen atoms in total. The average Bonchev–Trinajstić information content (AvgIpc) is 2.64. The number of carbonyl (C=O) groups is 1. The number of carbonyl (C=O) groups excluding carboxylic acids is 1. The van der Waals surface area contributed by atoms with Crippen LogP contribution in [0.3, 0.4) is 0 Å². The lowest BCUT2D eigenvalue weighted by Gasteiger charge is -2.34. The van der Waals surface area contributed by atoms with Crippen molar-refractivity contribution in [2.75, 3.05) is 18.9 Å². The van der Waals surface area contributed by atoms with Crippen LogP contribution in [0.25, 0.3) is 0 Å². The SMILES string of the molecule is CN(CC(=O)Nc1ccccc1I)C1CCC(c2ccccc2)CC1. The molecule has 0 saturated heterocycles. The van der Waals surface area contributed by atoms with Crippen molar-refractivity contribution < 1.29 is 4.79 Å². The monoisotopic (exact) mass is 448 g/mol. The van der Waals surface area contributed by atoms with Crippen LogP contribution in [0, 0.1) is 3.57 Å². The number of rotatable bonds is 5. The molecule has 4 heteroatoms. The van der Waals surface area contributed by atoms with Crippen LogP contribution in [0.1, 0.15) is 37.2 Å². The second kappa shape index (κ2) is 8.81. The van der Waals surface area contributed by atoms with Crippen LogP contribution in [0.2, 0.25) is 0 Å². The topological polar surface area (TPSA) is 32.3 Å². The van der Waals surface area contributed by atoms with Gasteiger partial charge in [0.25, 0.3) is 0 Å². The van der Waals surface area contributed by atoms with E-state index in [1.165, 1.54) is 18.4 Å². The lowest BCUT2D eigenvalue weighted by Crippen LogP contribution is -2.39. The predicted octanol–water partition coefficient (Wildman–Crippen LogP) is 4.89. The largest absolute Gasteiger partial charge is 0.324 e. The highest BCUT2D eigenvalue weighted by Crippen LogP contribution is 2.34. The van der Waals surface area contributed by atoms with Gasteiger partial charge in [-0.25, -0.2) is 0 Å². The van der Waals surface area contributed by atoms with Crippen molar-refractivity contribution in [3.8, 4) is 0 Å². The molecule has 0 aliphatic heterocycles. The van der Waals surface area contributed by atoms with E-state index < -0.39 is 0 Å². The fourth-order valence-corrected chi connectivity index (χ4v) is 4.21. The summed E-state index contributed by atoms with van der Waals surface area (Å²) in [5, 5.41) is 3.03. The smallest absolute Gasteiger partial charge is 0.238 e. The van der Waals surface area contributed by atoms with Gasteiger partial charge in [0.15, 0.2) is 0 Å². The lowest BCUT2D eigenvalue weighted by atomic mass is 9.81. The predicted molar refractivity (Wildman–Crippen MR) is 112 cm³/mol. The van der Waals surface area contributed by atoms with Crippen molar-refractivity contribution in [3.05, 3.63) is 63.7 Å². The van der Waals surface area contributed by atoms with E-state index in [0.717, 1.165) is 22.1 Å². The molecule has 1 N–H and O–H groups in total. The van der Waals surface area contributed by atoms with Gasteiger partial charge in [0.05, 0.1) is 12.2 Å². The Bertz CT molecular complexity index is 696. The van der Waals surface area contributed by atoms with Crippen LogP contribution >= 0.6 is 22.6 Å². The minimum Gasteiger partial charge on any atom is -0.324 e. The first-order valence-electron chi connectivity index (χ1n) is 8.93. The van der Waals surface area contributed by atoms with Gasteiger partial charge in [0.1, 0.15) is 0 Å². The molecule has 0 atom stereocenters. The van der Waals surface area contributed by atoms with Crippen molar-refractivity contribution in [2.45, 2.75) is 37.6 Å². The van der Waals surface area contributed by atoms with E-state index in [4.69, 9.17) is 0 Å². The molecule has 0 radical (unpaired) electrons. The van der Waals surface area contributed by atoms with Gasteiger partial charge in [-0.3, -0.25) is 9.69 Å². The number of likely N-dealkylation sites (N-methyl/N-ethyl adjacent to an activating group) is 1. The van der Waals surface area contributed by atoms with Crippen LogP contribution in [0.15, 0.2) is 54.6 Å². The molecule has 0 heterocycles. The molecule has 0 spiro atoms. The molecule has 1 amide bonds. The third-order valence-corrected chi connectivity index (χ3v) is 6.07. The highest BCUT2D eigenvalue weighted by Gasteiger charge is 2.25. The molecule has 1 aliphatic rings. The highest BCUT2D eigenvalue weighted by molar-refractivity contribution is 14.1. The Morgan fingerprint density at radius 3 is 2.36 bits per heavy atom. The van der Waals surface area contributed by atoms with Crippen LogP contribution < -0.4 is 5.32 Å². The van der Waals surface area contributed by atoms with Crippen molar-refractivity contribution in [1.29, 1.82) is 0 Å². The number of halogens is 1. The van der Waals surface area contributed by atoms with Crippen LogP contribution in [-0.2, 0) is 4.79 Å². The van der Waals surface area contributed by atoms with E-state index in [9.17, 15) is 4.79 Å². The zero-order valence-electron chi connectivity index (χ0n) is 14.6. The van der Waals surface area contributed by atoms with E-state index in [1.807, 2.05) is 24.3 Å². The number of benzene rings is 2. The van der Waals surface area contributed by atoms with Crippen LogP contribution in [-0.4, -0.2) is 30.4 Å². The van der Waals surface area contributed by atoms with Gasteiger partial charge >= 0.3 is 0 Å². The molecular formula is C21H25IN2O. The van der Waals surface area contributed by atoms with E-state index in [1.54, 1.807) is 0 Å².